The monoisotopic (exact) mass is 354 g/mol. The lowest BCUT2D eigenvalue weighted by Gasteiger charge is -2.09. The van der Waals surface area contributed by atoms with Gasteiger partial charge < -0.3 is 9.73 Å². The van der Waals surface area contributed by atoms with Gasteiger partial charge in [0.05, 0.1) is 5.25 Å². The van der Waals surface area contributed by atoms with Gasteiger partial charge >= 0.3 is 0 Å². The largest absolute Gasteiger partial charge is 0.411 e. The Labute approximate surface area is 150 Å². The molecule has 0 aliphatic carbocycles. The van der Waals surface area contributed by atoms with Crippen LogP contribution in [0.25, 0.3) is 11.5 Å². The number of rotatable bonds is 7. The minimum atomic E-state index is -0.318. The van der Waals surface area contributed by atoms with Gasteiger partial charge in [-0.1, -0.05) is 42.1 Å². The normalized spacial score (nSPS) is 11.9. The number of amides is 1. The summed E-state index contributed by atoms with van der Waals surface area (Å²) in [6, 6.07) is 13.6. The molecule has 1 atom stereocenters. The summed E-state index contributed by atoms with van der Waals surface area (Å²) in [4.78, 5) is 16.1. The number of hydrogen-bond acceptors (Lipinski definition) is 6. The molecule has 1 unspecified atom stereocenters. The summed E-state index contributed by atoms with van der Waals surface area (Å²) in [5.41, 5.74) is 2.00. The van der Waals surface area contributed by atoms with Gasteiger partial charge in [-0.2, -0.15) is 0 Å². The Kier molecular flexibility index (Phi) is 5.79. The van der Waals surface area contributed by atoms with E-state index in [-0.39, 0.29) is 11.2 Å². The smallest absolute Gasteiger partial charge is 0.277 e. The van der Waals surface area contributed by atoms with Gasteiger partial charge in [-0.3, -0.25) is 9.78 Å². The van der Waals surface area contributed by atoms with Crippen molar-refractivity contribution >= 4 is 17.7 Å². The average molecular weight is 354 g/mol. The van der Waals surface area contributed by atoms with Gasteiger partial charge in [-0.15, -0.1) is 10.2 Å². The third-order valence-electron chi connectivity index (χ3n) is 3.54. The van der Waals surface area contributed by atoms with Gasteiger partial charge in [0.2, 0.25) is 11.8 Å². The van der Waals surface area contributed by atoms with Crippen molar-refractivity contribution < 1.29 is 9.21 Å². The van der Waals surface area contributed by atoms with E-state index in [0.29, 0.717) is 17.7 Å². The second-order valence-electron chi connectivity index (χ2n) is 5.40. The van der Waals surface area contributed by atoms with Crippen LogP contribution in [0, 0.1) is 0 Å². The van der Waals surface area contributed by atoms with Crippen molar-refractivity contribution in [1.82, 2.24) is 20.5 Å². The van der Waals surface area contributed by atoms with Crippen LogP contribution < -0.4 is 5.32 Å². The molecule has 3 aromatic rings. The summed E-state index contributed by atoms with van der Waals surface area (Å²) < 4.78 is 5.60. The van der Waals surface area contributed by atoms with Gasteiger partial charge in [-0.05, 0) is 31.0 Å². The number of nitrogens with zero attached hydrogens (tertiary/aromatic N) is 3. The zero-order valence-corrected chi connectivity index (χ0v) is 14.6. The van der Waals surface area contributed by atoms with E-state index >= 15 is 0 Å². The number of nitrogens with one attached hydrogen (secondary N) is 1. The zero-order valence-electron chi connectivity index (χ0n) is 13.8. The second-order valence-corrected chi connectivity index (χ2v) is 6.69. The van der Waals surface area contributed by atoms with E-state index in [1.807, 2.05) is 37.3 Å². The van der Waals surface area contributed by atoms with E-state index in [1.54, 1.807) is 24.5 Å². The van der Waals surface area contributed by atoms with Crippen LogP contribution in [0.15, 0.2) is 64.5 Å². The van der Waals surface area contributed by atoms with E-state index in [9.17, 15) is 4.79 Å². The summed E-state index contributed by atoms with van der Waals surface area (Å²) in [5, 5.41) is 11.0. The molecule has 0 aliphatic rings. The number of pyridine rings is 1. The minimum Gasteiger partial charge on any atom is -0.411 e. The van der Waals surface area contributed by atoms with E-state index < -0.39 is 0 Å². The highest BCUT2D eigenvalue weighted by molar-refractivity contribution is 8.00. The first-order valence-corrected chi connectivity index (χ1v) is 8.82. The summed E-state index contributed by atoms with van der Waals surface area (Å²) in [5.74, 6) is 0.367. The first-order valence-electron chi connectivity index (χ1n) is 7.94. The molecule has 7 heteroatoms. The molecule has 128 valence electrons. The Morgan fingerprint density at radius 3 is 2.68 bits per heavy atom. The van der Waals surface area contributed by atoms with Gasteiger partial charge in [0.15, 0.2) is 0 Å². The molecule has 1 N–H and O–H groups in total. The molecule has 6 nitrogen and oxygen atoms in total. The Morgan fingerprint density at radius 1 is 1.16 bits per heavy atom. The second kappa shape index (κ2) is 8.43. The summed E-state index contributed by atoms with van der Waals surface area (Å²) in [6.07, 6.45) is 4.13. The lowest BCUT2D eigenvalue weighted by atomic mass is 10.1. The SMILES string of the molecule is CC(Sc1nnc(-c2ccncc2)o1)C(=O)NCCc1ccccc1. The van der Waals surface area contributed by atoms with Crippen molar-refractivity contribution in [2.24, 2.45) is 0 Å². The molecule has 0 aliphatic heterocycles. The highest BCUT2D eigenvalue weighted by Crippen LogP contribution is 2.25. The maximum absolute atomic E-state index is 12.2. The molecule has 0 spiro atoms. The van der Waals surface area contributed by atoms with Crippen LogP contribution in [0.5, 0.6) is 0 Å². The Bertz CT molecular complexity index is 808. The molecule has 0 bridgehead atoms. The number of carbonyl (C=O) groups is 1. The molecule has 0 radical (unpaired) electrons. The zero-order chi connectivity index (χ0) is 17.5. The topological polar surface area (TPSA) is 80.9 Å². The fourth-order valence-electron chi connectivity index (χ4n) is 2.19. The van der Waals surface area contributed by atoms with Crippen LogP contribution in [-0.2, 0) is 11.2 Å². The Hall–Kier alpha value is -2.67. The number of aromatic nitrogens is 3. The lowest BCUT2D eigenvalue weighted by Crippen LogP contribution is -2.32. The fourth-order valence-corrected chi connectivity index (χ4v) is 2.90. The first kappa shape index (κ1) is 17.2. The van der Waals surface area contributed by atoms with Crippen LogP contribution in [0.1, 0.15) is 12.5 Å². The van der Waals surface area contributed by atoms with Crippen LogP contribution in [0.2, 0.25) is 0 Å². The molecule has 1 aromatic carbocycles. The number of benzene rings is 1. The molecule has 1 amide bonds. The third-order valence-corrected chi connectivity index (χ3v) is 4.47. The predicted molar refractivity (Wildman–Crippen MR) is 96.0 cm³/mol. The number of hydrogen-bond donors (Lipinski definition) is 1. The molecule has 3 rings (SSSR count). The van der Waals surface area contributed by atoms with E-state index in [1.165, 1.54) is 17.3 Å². The van der Waals surface area contributed by atoms with Gasteiger partial charge in [0, 0.05) is 24.5 Å². The maximum atomic E-state index is 12.2. The van der Waals surface area contributed by atoms with Gasteiger partial charge in [-0.25, -0.2) is 0 Å². The molecule has 0 fully saturated rings. The van der Waals surface area contributed by atoms with Crippen LogP contribution in [0.4, 0.5) is 0 Å². The summed E-state index contributed by atoms with van der Waals surface area (Å²) >= 11 is 1.25. The molecule has 2 heterocycles. The van der Waals surface area contributed by atoms with Crippen molar-refractivity contribution in [2.75, 3.05) is 6.54 Å². The quantitative estimate of drug-likeness (QED) is 0.657. The van der Waals surface area contributed by atoms with Gasteiger partial charge in [0.1, 0.15) is 0 Å². The van der Waals surface area contributed by atoms with Crippen molar-refractivity contribution in [3.8, 4) is 11.5 Å². The van der Waals surface area contributed by atoms with Crippen LogP contribution >= 0.6 is 11.8 Å². The van der Waals surface area contributed by atoms with E-state index in [0.717, 1.165) is 12.0 Å². The average Bonchev–Trinajstić information content (AvgIpc) is 3.12. The molecule has 0 saturated heterocycles. The molecule has 2 aromatic heterocycles. The molecular weight excluding hydrogens is 336 g/mol. The standard InChI is InChI=1S/C18H18N4O2S/c1-13(16(23)20-12-7-14-5-3-2-4-6-14)25-18-22-21-17(24-18)15-8-10-19-11-9-15/h2-6,8-11,13H,7,12H2,1H3,(H,20,23). The minimum absolute atomic E-state index is 0.0513. The lowest BCUT2D eigenvalue weighted by molar-refractivity contribution is -0.120. The number of carbonyl (C=O) groups excluding carboxylic acids is 1. The fraction of sp³-hybridized carbons (Fsp3) is 0.222. The third kappa shape index (κ3) is 4.90. The van der Waals surface area contributed by atoms with Crippen LogP contribution in [0.3, 0.4) is 0 Å². The Balaban J connectivity index is 1.49. The number of thioether (sulfide) groups is 1. The van der Waals surface area contributed by atoms with Crippen LogP contribution in [-0.4, -0.2) is 32.9 Å². The van der Waals surface area contributed by atoms with E-state index in [2.05, 4.69) is 20.5 Å². The summed E-state index contributed by atoms with van der Waals surface area (Å²) in [7, 11) is 0. The maximum Gasteiger partial charge on any atom is 0.277 e. The molecular formula is C18H18N4O2S. The van der Waals surface area contributed by atoms with E-state index in [4.69, 9.17) is 4.42 Å². The highest BCUT2D eigenvalue weighted by Gasteiger charge is 2.18. The highest BCUT2D eigenvalue weighted by atomic mass is 32.2. The van der Waals surface area contributed by atoms with Crippen molar-refractivity contribution in [3.63, 3.8) is 0 Å². The van der Waals surface area contributed by atoms with Crippen molar-refractivity contribution in [1.29, 1.82) is 0 Å². The van der Waals surface area contributed by atoms with Crippen molar-refractivity contribution in [2.45, 2.75) is 23.8 Å². The van der Waals surface area contributed by atoms with Crippen molar-refractivity contribution in [3.05, 3.63) is 60.4 Å². The Morgan fingerprint density at radius 2 is 1.92 bits per heavy atom. The first-order chi connectivity index (χ1) is 12.2. The molecule has 25 heavy (non-hydrogen) atoms. The summed E-state index contributed by atoms with van der Waals surface area (Å²) in [6.45, 7) is 2.42. The van der Waals surface area contributed by atoms with Gasteiger partial charge in [0.25, 0.3) is 5.22 Å². The predicted octanol–water partition coefficient (Wildman–Crippen LogP) is 2.97. The molecule has 0 saturated carbocycles.